The van der Waals surface area contributed by atoms with Crippen molar-refractivity contribution < 1.29 is 0 Å². The van der Waals surface area contributed by atoms with Crippen LogP contribution in [0.3, 0.4) is 0 Å². The molecule has 0 amide bonds. The maximum absolute atomic E-state index is 5.97. The number of halogens is 1. The van der Waals surface area contributed by atoms with Gasteiger partial charge in [0.05, 0.1) is 0 Å². The molecular formula is C14H21BrN2. The van der Waals surface area contributed by atoms with Gasteiger partial charge in [-0.3, -0.25) is 4.90 Å². The summed E-state index contributed by atoms with van der Waals surface area (Å²) in [6.07, 6.45) is 2.66. The molecule has 3 heteroatoms. The molecule has 1 saturated heterocycles. The fourth-order valence-corrected chi connectivity index (χ4v) is 2.95. The number of piperidine rings is 1. The van der Waals surface area contributed by atoms with Crippen molar-refractivity contribution >= 4 is 15.9 Å². The fraction of sp³-hybridized carbons (Fsp3) is 0.571. The van der Waals surface area contributed by atoms with Gasteiger partial charge in [0.15, 0.2) is 0 Å². The van der Waals surface area contributed by atoms with Crippen LogP contribution in [0.5, 0.6) is 0 Å². The summed E-state index contributed by atoms with van der Waals surface area (Å²) < 4.78 is 1.13. The quantitative estimate of drug-likeness (QED) is 0.928. The van der Waals surface area contributed by atoms with Crippen molar-refractivity contribution in [2.75, 3.05) is 19.6 Å². The van der Waals surface area contributed by atoms with E-state index in [0.29, 0.717) is 12.6 Å². The number of benzene rings is 1. The molecule has 1 aromatic rings. The maximum Gasteiger partial charge on any atom is 0.0470 e. The molecule has 94 valence electrons. The van der Waals surface area contributed by atoms with Gasteiger partial charge >= 0.3 is 0 Å². The van der Waals surface area contributed by atoms with Crippen LogP contribution in [-0.4, -0.2) is 24.5 Å². The first-order valence-electron chi connectivity index (χ1n) is 6.40. The van der Waals surface area contributed by atoms with E-state index in [1.54, 1.807) is 0 Å². The second kappa shape index (κ2) is 5.98. The molecule has 1 aliphatic rings. The van der Waals surface area contributed by atoms with Crippen LogP contribution in [0.1, 0.15) is 31.4 Å². The topological polar surface area (TPSA) is 29.3 Å². The van der Waals surface area contributed by atoms with Gasteiger partial charge in [-0.25, -0.2) is 0 Å². The van der Waals surface area contributed by atoms with Crippen molar-refractivity contribution in [1.82, 2.24) is 4.90 Å². The lowest BCUT2D eigenvalue weighted by Crippen LogP contribution is -2.40. The molecule has 0 bridgehead atoms. The zero-order valence-corrected chi connectivity index (χ0v) is 12.0. The van der Waals surface area contributed by atoms with Gasteiger partial charge in [-0.2, -0.15) is 0 Å². The number of hydrogen-bond acceptors (Lipinski definition) is 2. The van der Waals surface area contributed by atoms with Gasteiger partial charge in [0.25, 0.3) is 0 Å². The second-order valence-electron chi connectivity index (χ2n) is 5.05. The molecule has 17 heavy (non-hydrogen) atoms. The molecule has 2 nitrogen and oxygen atoms in total. The van der Waals surface area contributed by atoms with E-state index in [1.165, 1.54) is 31.5 Å². The van der Waals surface area contributed by atoms with Gasteiger partial charge in [-0.05, 0) is 43.0 Å². The first kappa shape index (κ1) is 13.1. The lowest BCUT2D eigenvalue weighted by Gasteiger charge is -2.37. The van der Waals surface area contributed by atoms with Gasteiger partial charge in [-0.15, -0.1) is 0 Å². The Kier molecular flexibility index (Phi) is 4.60. The molecule has 2 rings (SSSR count). The Morgan fingerprint density at radius 3 is 2.71 bits per heavy atom. The minimum Gasteiger partial charge on any atom is -0.329 e. The summed E-state index contributed by atoms with van der Waals surface area (Å²) >= 11 is 3.48. The molecule has 0 radical (unpaired) electrons. The standard InChI is InChI=1S/C14H21BrN2/c1-11-3-2-8-17(10-11)14(9-16)12-4-6-13(15)7-5-12/h4-7,11,14H,2-3,8-10,16H2,1H3/t11-,14+/m0/s1. The van der Waals surface area contributed by atoms with Crippen LogP contribution in [0, 0.1) is 5.92 Å². The molecule has 0 aromatic heterocycles. The van der Waals surface area contributed by atoms with Crippen molar-refractivity contribution in [2.45, 2.75) is 25.8 Å². The average molecular weight is 297 g/mol. The highest BCUT2D eigenvalue weighted by atomic mass is 79.9. The Labute approximate surface area is 112 Å². The van der Waals surface area contributed by atoms with Crippen molar-refractivity contribution in [3.63, 3.8) is 0 Å². The minimum atomic E-state index is 0.380. The third-order valence-electron chi connectivity index (χ3n) is 3.61. The molecule has 1 aromatic carbocycles. The van der Waals surface area contributed by atoms with Crippen LogP contribution < -0.4 is 5.73 Å². The largest absolute Gasteiger partial charge is 0.329 e. The van der Waals surface area contributed by atoms with Crippen LogP contribution in [0.2, 0.25) is 0 Å². The van der Waals surface area contributed by atoms with E-state index in [1.807, 2.05) is 0 Å². The Morgan fingerprint density at radius 2 is 2.12 bits per heavy atom. The van der Waals surface area contributed by atoms with E-state index in [-0.39, 0.29) is 0 Å². The first-order chi connectivity index (χ1) is 8.20. The molecule has 0 spiro atoms. The highest BCUT2D eigenvalue weighted by molar-refractivity contribution is 9.10. The summed E-state index contributed by atoms with van der Waals surface area (Å²) in [5.74, 6) is 0.799. The maximum atomic E-state index is 5.97. The third kappa shape index (κ3) is 3.30. The van der Waals surface area contributed by atoms with Crippen LogP contribution in [-0.2, 0) is 0 Å². The summed E-state index contributed by atoms with van der Waals surface area (Å²) in [6, 6.07) is 8.95. The van der Waals surface area contributed by atoms with E-state index in [0.717, 1.165) is 10.4 Å². The van der Waals surface area contributed by atoms with E-state index < -0.39 is 0 Å². The van der Waals surface area contributed by atoms with Crippen molar-refractivity contribution in [2.24, 2.45) is 11.7 Å². The van der Waals surface area contributed by atoms with Crippen molar-refractivity contribution in [3.05, 3.63) is 34.3 Å². The number of nitrogens with two attached hydrogens (primary N) is 1. The Morgan fingerprint density at radius 1 is 1.41 bits per heavy atom. The predicted molar refractivity (Wildman–Crippen MR) is 75.9 cm³/mol. The zero-order chi connectivity index (χ0) is 12.3. The Balaban J connectivity index is 2.12. The minimum absolute atomic E-state index is 0.380. The zero-order valence-electron chi connectivity index (χ0n) is 10.4. The van der Waals surface area contributed by atoms with E-state index in [4.69, 9.17) is 5.73 Å². The molecule has 1 aliphatic heterocycles. The lowest BCUT2D eigenvalue weighted by atomic mass is 9.96. The second-order valence-corrected chi connectivity index (χ2v) is 5.96. The number of likely N-dealkylation sites (tertiary alicyclic amines) is 1. The summed E-state index contributed by atoms with van der Waals surface area (Å²) in [7, 11) is 0. The normalized spacial score (nSPS) is 23.6. The number of rotatable bonds is 3. The first-order valence-corrected chi connectivity index (χ1v) is 7.19. The van der Waals surface area contributed by atoms with Gasteiger partial charge in [0.2, 0.25) is 0 Å². The van der Waals surface area contributed by atoms with Gasteiger partial charge in [0.1, 0.15) is 0 Å². The van der Waals surface area contributed by atoms with E-state index >= 15 is 0 Å². The molecule has 2 N–H and O–H groups in total. The fourth-order valence-electron chi connectivity index (χ4n) is 2.69. The molecule has 1 heterocycles. The number of hydrogen-bond donors (Lipinski definition) is 1. The van der Waals surface area contributed by atoms with Crippen LogP contribution >= 0.6 is 15.9 Å². The number of nitrogens with zero attached hydrogens (tertiary/aromatic N) is 1. The van der Waals surface area contributed by atoms with Crippen molar-refractivity contribution in [1.29, 1.82) is 0 Å². The Bertz CT molecular complexity index is 350. The molecule has 0 saturated carbocycles. The molecule has 2 atom stereocenters. The predicted octanol–water partition coefficient (Wildman–Crippen LogP) is 3.18. The molecular weight excluding hydrogens is 276 g/mol. The van der Waals surface area contributed by atoms with E-state index in [9.17, 15) is 0 Å². The molecule has 0 aliphatic carbocycles. The summed E-state index contributed by atoms with van der Waals surface area (Å²) in [6.45, 7) is 5.40. The van der Waals surface area contributed by atoms with Crippen LogP contribution in [0.25, 0.3) is 0 Å². The van der Waals surface area contributed by atoms with Gasteiger partial charge in [0, 0.05) is 23.6 Å². The lowest BCUT2D eigenvalue weighted by molar-refractivity contribution is 0.133. The summed E-state index contributed by atoms with van der Waals surface area (Å²) in [5.41, 5.74) is 7.30. The molecule has 1 fully saturated rings. The molecule has 0 unspecified atom stereocenters. The SMILES string of the molecule is C[C@H]1CCCN([C@H](CN)c2ccc(Br)cc2)C1. The highest BCUT2D eigenvalue weighted by Gasteiger charge is 2.23. The highest BCUT2D eigenvalue weighted by Crippen LogP contribution is 2.26. The van der Waals surface area contributed by atoms with Crippen molar-refractivity contribution in [3.8, 4) is 0 Å². The van der Waals surface area contributed by atoms with Gasteiger partial charge in [-0.1, -0.05) is 35.0 Å². The average Bonchev–Trinajstić information content (AvgIpc) is 2.33. The Hall–Kier alpha value is -0.380. The van der Waals surface area contributed by atoms with Crippen LogP contribution in [0.4, 0.5) is 0 Å². The van der Waals surface area contributed by atoms with Gasteiger partial charge < -0.3 is 5.73 Å². The smallest absolute Gasteiger partial charge is 0.0470 e. The summed E-state index contributed by atoms with van der Waals surface area (Å²) in [5, 5.41) is 0. The monoisotopic (exact) mass is 296 g/mol. The summed E-state index contributed by atoms with van der Waals surface area (Å²) in [4.78, 5) is 2.54. The third-order valence-corrected chi connectivity index (χ3v) is 4.14. The van der Waals surface area contributed by atoms with Crippen LogP contribution in [0.15, 0.2) is 28.7 Å². The van der Waals surface area contributed by atoms with E-state index in [2.05, 4.69) is 52.0 Å².